The molecule has 1 aliphatic carbocycles. The standard InChI is InChI=1S/C13H6F4/c14-7-1-6-2-9-10(13(6)12(17)5-7)3-8(15)4-11(9)16/h1,3-5H,2H2. The molecule has 0 aliphatic heterocycles. The Morgan fingerprint density at radius 1 is 0.765 bits per heavy atom. The summed E-state index contributed by atoms with van der Waals surface area (Å²) in [4.78, 5) is 0. The molecule has 4 heteroatoms. The summed E-state index contributed by atoms with van der Waals surface area (Å²) in [6.07, 6.45) is 0.0887. The van der Waals surface area contributed by atoms with Gasteiger partial charge in [0.1, 0.15) is 23.3 Å². The van der Waals surface area contributed by atoms with E-state index < -0.39 is 23.3 Å². The van der Waals surface area contributed by atoms with E-state index in [0.717, 1.165) is 24.3 Å². The van der Waals surface area contributed by atoms with Crippen LogP contribution in [-0.2, 0) is 6.42 Å². The van der Waals surface area contributed by atoms with Gasteiger partial charge in [0.05, 0.1) is 0 Å². The fourth-order valence-corrected chi connectivity index (χ4v) is 2.26. The zero-order chi connectivity index (χ0) is 12.2. The number of fused-ring (bicyclic) bond motifs is 3. The number of halogens is 4. The van der Waals surface area contributed by atoms with Crippen LogP contribution < -0.4 is 0 Å². The Hall–Kier alpha value is -1.84. The molecule has 0 fully saturated rings. The fraction of sp³-hybridized carbons (Fsp3) is 0.0769. The van der Waals surface area contributed by atoms with E-state index in [-0.39, 0.29) is 23.1 Å². The Labute approximate surface area is 94.5 Å². The van der Waals surface area contributed by atoms with E-state index in [1.807, 2.05) is 0 Å². The Kier molecular flexibility index (Phi) is 2.02. The van der Waals surface area contributed by atoms with E-state index in [1.54, 1.807) is 0 Å². The van der Waals surface area contributed by atoms with Crippen LogP contribution in [0.25, 0.3) is 11.1 Å². The molecule has 0 radical (unpaired) electrons. The lowest BCUT2D eigenvalue weighted by atomic mass is 10.0. The SMILES string of the molecule is Fc1cc(F)c2c(c1)Cc1c(F)cc(F)cc1-2. The summed E-state index contributed by atoms with van der Waals surface area (Å²) in [5, 5.41) is 0. The summed E-state index contributed by atoms with van der Waals surface area (Å²) in [7, 11) is 0. The van der Waals surface area contributed by atoms with Gasteiger partial charge in [0.2, 0.25) is 0 Å². The Morgan fingerprint density at radius 2 is 1.41 bits per heavy atom. The molecule has 0 saturated heterocycles. The molecule has 0 bridgehead atoms. The van der Waals surface area contributed by atoms with Crippen molar-refractivity contribution in [3.8, 4) is 11.1 Å². The van der Waals surface area contributed by atoms with Crippen LogP contribution >= 0.6 is 0 Å². The first kappa shape index (κ1) is 10.3. The average molecular weight is 238 g/mol. The first-order valence-electron chi connectivity index (χ1n) is 5.02. The van der Waals surface area contributed by atoms with E-state index in [1.165, 1.54) is 0 Å². The summed E-state index contributed by atoms with van der Waals surface area (Å²) in [5.74, 6) is -2.99. The molecule has 3 rings (SSSR count). The Morgan fingerprint density at radius 3 is 2.18 bits per heavy atom. The molecule has 17 heavy (non-hydrogen) atoms. The Balaban J connectivity index is 2.34. The van der Waals surface area contributed by atoms with Crippen LogP contribution in [0.5, 0.6) is 0 Å². The largest absolute Gasteiger partial charge is 0.207 e. The molecular weight excluding hydrogens is 232 g/mol. The Bertz CT molecular complexity index is 632. The van der Waals surface area contributed by atoms with Crippen molar-refractivity contribution in [3.63, 3.8) is 0 Å². The maximum absolute atomic E-state index is 13.6. The molecule has 0 heterocycles. The summed E-state index contributed by atoms with van der Waals surface area (Å²) in [5.41, 5.74) is 0.836. The second-order valence-electron chi connectivity index (χ2n) is 4.01. The quantitative estimate of drug-likeness (QED) is 0.522. The predicted octanol–water partition coefficient (Wildman–Crippen LogP) is 3.81. The molecular formula is C13H6F4. The topological polar surface area (TPSA) is 0 Å². The van der Waals surface area contributed by atoms with Gasteiger partial charge < -0.3 is 0 Å². The minimum Gasteiger partial charge on any atom is -0.207 e. The van der Waals surface area contributed by atoms with Crippen molar-refractivity contribution in [2.75, 3.05) is 0 Å². The van der Waals surface area contributed by atoms with Crippen molar-refractivity contribution in [3.05, 3.63) is 58.7 Å². The zero-order valence-electron chi connectivity index (χ0n) is 8.53. The number of hydrogen-bond acceptors (Lipinski definition) is 0. The lowest BCUT2D eigenvalue weighted by Crippen LogP contribution is -1.89. The van der Waals surface area contributed by atoms with Gasteiger partial charge in [-0.25, -0.2) is 17.6 Å². The minimum absolute atomic E-state index is 0.0887. The highest BCUT2D eigenvalue weighted by Crippen LogP contribution is 2.40. The van der Waals surface area contributed by atoms with Crippen molar-refractivity contribution in [1.82, 2.24) is 0 Å². The van der Waals surface area contributed by atoms with Gasteiger partial charge in [0, 0.05) is 29.7 Å². The third-order valence-electron chi connectivity index (χ3n) is 2.93. The van der Waals surface area contributed by atoms with Crippen LogP contribution in [0.1, 0.15) is 11.1 Å². The average Bonchev–Trinajstić information content (AvgIpc) is 2.56. The number of rotatable bonds is 0. The molecule has 86 valence electrons. The van der Waals surface area contributed by atoms with Crippen LogP contribution in [-0.4, -0.2) is 0 Å². The van der Waals surface area contributed by atoms with E-state index in [2.05, 4.69) is 0 Å². The molecule has 0 unspecified atom stereocenters. The molecule has 0 spiro atoms. The number of benzene rings is 2. The second-order valence-corrected chi connectivity index (χ2v) is 4.01. The number of hydrogen-bond donors (Lipinski definition) is 0. The second kappa shape index (κ2) is 3.32. The molecule has 2 aromatic rings. The molecule has 0 N–H and O–H groups in total. The lowest BCUT2D eigenvalue weighted by molar-refractivity contribution is 0.577. The zero-order valence-corrected chi connectivity index (χ0v) is 8.53. The highest BCUT2D eigenvalue weighted by Gasteiger charge is 2.26. The van der Waals surface area contributed by atoms with Gasteiger partial charge in [-0.15, -0.1) is 0 Å². The molecule has 2 aromatic carbocycles. The van der Waals surface area contributed by atoms with Gasteiger partial charge in [-0.05, 0) is 23.3 Å². The highest BCUT2D eigenvalue weighted by molar-refractivity contribution is 5.77. The molecule has 0 nitrogen and oxygen atoms in total. The third kappa shape index (κ3) is 1.44. The van der Waals surface area contributed by atoms with Gasteiger partial charge in [0.15, 0.2) is 0 Å². The van der Waals surface area contributed by atoms with Crippen LogP contribution in [0.2, 0.25) is 0 Å². The maximum atomic E-state index is 13.6. The van der Waals surface area contributed by atoms with E-state index in [0.29, 0.717) is 5.56 Å². The first-order chi connectivity index (χ1) is 8.06. The minimum atomic E-state index is -0.788. The third-order valence-corrected chi connectivity index (χ3v) is 2.93. The van der Waals surface area contributed by atoms with Crippen LogP contribution in [0, 0.1) is 23.3 Å². The maximum Gasteiger partial charge on any atom is 0.134 e. The van der Waals surface area contributed by atoms with Crippen molar-refractivity contribution < 1.29 is 17.6 Å². The highest BCUT2D eigenvalue weighted by atomic mass is 19.1. The lowest BCUT2D eigenvalue weighted by Gasteiger charge is -2.03. The van der Waals surface area contributed by atoms with E-state index in [9.17, 15) is 17.6 Å². The summed E-state index contributed by atoms with van der Waals surface area (Å²) in [6.45, 7) is 0. The van der Waals surface area contributed by atoms with Crippen LogP contribution in [0.3, 0.4) is 0 Å². The van der Waals surface area contributed by atoms with Crippen molar-refractivity contribution >= 4 is 0 Å². The van der Waals surface area contributed by atoms with E-state index in [4.69, 9.17) is 0 Å². The van der Waals surface area contributed by atoms with Gasteiger partial charge in [-0.3, -0.25) is 0 Å². The normalized spacial score (nSPS) is 12.5. The monoisotopic (exact) mass is 238 g/mol. The summed E-state index contributed by atoms with van der Waals surface area (Å²) < 4.78 is 53.2. The molecule has 0 atom stereocenters. The fourth-order valence-electron chi connectivity index (χ4n) is 2.26. The van der Waals surface area contributed by atoms with Crippen molar-refractivity contribution in [1.29, 1.82) is 0 Å². The predicted molar refractivity (Wildman–Crippen MR) is 54.5 cm³/mol. The van der Waals surface area contributed by atoms with Crippen LogP contribution in [0.15, 0.2) is 24.3 Å². The van der Waals surface area contributed by atoms with Gasteiger partial charge in [0.25, 0.3) is 0 Å². The van der Waals surface area contributed by atoms with Gasteiger partial charge >= 0.3 is 0 Å². The summed E-state index contributed by atoms with van der Waals surface area (Å²) in [6, 6.07) is 3.69. The first-order valence-corrected chi connectivity index (χ1v) is 5.02. The molecule has 1 aliphatic rings. The van der Waals surface area contributed by atoms with Gasteiger partial charge in [-0.1, -0.05) is 0 Å². The summed E-state index contributed by atoms with van der Waals surface area (Å²) >= 11 is 0. The molecule has 0 amide bonds. The van der Waals surface area contributed by atoms with Crippen molar-refractivity contribution in [2.24, 2.45) is 0 Å². The van der Waals surface area contributed by atoms with E-state index >= 15 is 0 Å². The molecule has 0 aromatic heterocycles. The van der Waals surface area contributed by atoms with Crippen LogP contribution in [0.4, 0.5) is 17.6 Å². The van der Waals surface area contributed by atoms with Crippen molar-refractivity contribution in [2.45, 2.75) is 6.42 Å². The molecule has 0 saturated carbocycles. The smallest absolute Gasteiger partial charge is 0.134 e. The van der Waals surface area contributed by atoms with Gasteiger partial charge in [-0.2, -0.15) is 0 Å².